The summed E-state index contributed by atoms with van der Waals surface area (Å²) in [7, 11) is 0. The Morgan fingerprint density at radius 1 is 1.25 bits per heavy atom. The predicted molar refractivity (Wildman–Crippen MR) is 117 cm³/mol. The number of thiophene rings is 2. The molecule has 3 aromatic heterocycles. The lowest BCUT2D eigenvalue weighted by Crippen LogP contribution is -2.27. The number of fused-ring (bicyclic) bond motifs is 1. The molecule has 3 heterocycles. The molecule has 0 saturated heterocycles. The average Bonchev–Trinajstić information content (AvgIpc) is 3.27. The molecule has 1 N–H and O–H groups in total. The molecule has 1 amide bonds. The van der Waals surface area contributed by atoms with Crippen LogP contribution in [0.1, 0.15) is 4.88 Å². The molecule has 0 aliphatic carbocycles. The maximum atomic E-state index is 13.0. The van der Waals surface area contributed by atoms with Crippen molar-refractivity contribution in [1.29, 1.82) is 0 Å². The SMILES string of the molecule is Cc1ccc(-c2csc3ncn(CC(=O)Nc4cc(Cl)ccc4Cl)c(=O)c23)s1. The third kappa shape index (κ3) is 3.71. The van der Waals surface area contributed by atoms with Crippen molar-refractivity contribution >= 4 is 67.7 Å². The highest BCUT2D eigenvalue weighted by Gasteiger charge is 2.16. The van der Waals surface area contributed by atoms with Crippen LogP contribution in [0.3, 0.4) is 0 Å². The van der Waals surface area contributed by atoms with Gasteiger partial charge in [0, 0.05) is 25.7 Å². The van der Waals surface area contributed by atoms with Crippen LogP contribution in [-0.2, 0) is 11.3 Å². The maximum absolute atomic E-state index is 13.0. The quantitative estimate of drug-likeness (QED) is 0.450. The third-order valence-corrected chi connectivity index (χ3v) is 6.57. The normalized spacial score (nSPS) is 11.1. The summed E-state index contributed by atoms with van der Waals surface area (Å²) in [5, 5.41) is 5.96. The summed E-state index contributed by atoms with van der Waals surface area (Å²) in [6.07, 6.45) is 1.39. The first-order valence-corrected chi connectivity index (χ1v) is 10.7. The highest BCUT2D eigenvalue weighted by Crippen LogP contribution is 2.34. The Morgan fingerprint density at radius 2 is 2.07 bits per heavy atom. The van der Waals surface area contributed by atoms with E-state index in [1.165, 1.54) is 22.2 Å². The van der Waals surface area contributed by atoms with Gasteiger partial charge in [0.25, 0.3) is 5.56 Å². The van der Waals surface area contributed by atoms with Crippen LogP contribution in [0.15, 0.2) is 46.8 Å². The van der Waals surface area contributed by atoms with Gasteiger partial charge in [0.05, 0.1) is 22.4 Å². The summed E-state index contributed by atoms with van der Waals surface area (Å²) in [6.45, 7) is 1.84. The van der Waals surface area contributed by atoms with Gasteiger partial charge in [0.1, 0.15) is 11.4 Å². The lowest BCUT2D eigenvalue weighted by atomic mass is 10.2. The molecule has 1 aromatic carbocycles. The van der Waals surface area contributed by atoms with Crippen molar-refractivity contribution in [3.8, 4) is 10.4 Å². The first-order chi connectivity index (χ1) is 13.4. The van der Waals surface area contributed by atoms with Gasteiger partial charge >= 0.3 is 0 Å². The predicted octanol–water partition coefficient (Wildman–Crippen LogP) is 5.44. The molecular formula is C19H13Cl2N3O2S2. The molecule has 142 valence electrons. The summed E-state index contributed by atoms with van der Waals surface area (Å²) in [6, 6.07) is 8.79. The fourth-order valence-electron chi connectivity index (χ4n) is 2.78. The number of rotatable bonds is 4. The van der Waals surface area contributed by atoms with E-state index in [4.69, 9.17) is 23.2 Å². The molecule has 0 bridgehead atoms. The van der Waals surface area contributed by atoms with E-state index in [2.05, 4.69) is 10.3 Å². The summed E-state index contributed by atoms with van der Waals surface area (Å²) >= 11 is 15.1. The number of nitrogens with zero attached hydrogens (tertiary/aromatic N) is 2. The second-order valence-corrected chi connectivity index (χ2v) is 9.08. The van der Waals surface area contributed by atoms with E-state index >= 15 is 0 Å². The highest BCUT2D eigenvalue weighted by molar-refractivity contribution is 7.19. The van der Waals surface area contributed by atoms with Crippen molar-refractivity contribution in [3.05, 3.63) is 67.3 Å². The number of aromatic nitrogens is 2. The number of carbonyl (C=O) groups is 1. The van der Waals surface area contributed by atoms with Gasteiger partial charge < -0.3 is 5.32 Å². The van der Waals surface area contributed by atoms with Crippen LogP contribution in [0, 0.1) is 6.92 Å². The summed E-state index contributed by atoms with van der Waals surface area (Å²) < 4.78 is 1.30. The number of halogens is 2. The highest BCUT2D eigenvalue weighted by atomic mass is 35.5. The minimum atomic E-state index is -0.392. The molecule has 0 saturated carbocycles. The van der Waals surface area contributed by atoms with Gasteiger partial charge in [-0.2, -0.15) is 0 Å². The fraction of sp³-hybridized carbons (Fsp3) is 0.105. The van der Waals surface area contributed by atoms with Gasteiger partial charge in [-0.3, -0.25) is 14.2 Å². The first-order valence-electron chi connectivity index (χ1n) is 8.21. The van der Waals surface area contributed by atoms with Crippen LogP contribution in [0.25, 0.3) is 20.7 Å². The van der Waals surface area contributed by atoms with Crippen LogP contribution in [0.5, 0.6) is 0 Å². The average molecular weight is 450 g/mol. The Kier molecular flexibility index (Phi) is 5.25. The second-order valence-electron chi connectivity index (χ2n) is 6.09. The molecule has 4 rings (SSSR count). The smallest absolute Gasteiger partial charge is 0.263 e. The van der Waals surface area contributed by atoms with E-state index in [-0.39, 0.29) is 12.1 Å². The Bertz CT molecular complexity index is 1260. The molecule has 0 fully saturated rings. The van der Waals surface area contributed by atoms with E-state index in [1.807, 2.05) is 24.4 Å². The molecule has 9 heteroatoms. The third-order valence-electron chi connectivity index (χ3n) is 4.08. The van der Waals surface area contributed by atoms with E-state index in [0.717, 1.165) is 15.3 Å². The van der Waals surface area contributed by atoms with Gasteiger partial charge in [0.15, 0.2) is 0 Å². The zero-order chi connectivity index (χ0) is 19.8. The second kappa shape index (κ2) is 7.67. The number of anilines is 1. The van der Waals surface area contributed by atoms with Gasteiger partial charge in [-0.05, 0) is 37.3 Å². The minimum absolute atomic E-state index is 0.177. The lowest BCUT2D eigenvalue weighted by Gasteiger charge is -2.09. The number of amides is 1. The number of nitrogens with one attached hydrogen (secondary N) is 1. The Hall–Kier alpha value is -2.19. The van der Waals surface area contributed by atoms with Crippen LogP contribution < -0.4 is 10.9 Å². The van der Waals surface area contributed by atoms with E-state index in [9.17, 15) is 9.59 Å². The van der Waals surface area contributed by atoms with Gasteiger partial charge in [-0.25, -0.2) is 4.98 Å². The van der Waals surface area contributed by atoms with E-state index < -0.39 is 5.91 Å². The molecule has 0 unspecified atom stereocenters. The molecule has 0 aliphatic rings. The maximum Gasteiger partial charge on any atom is 0.263 e. The van der Waals surface area contributed by atoms with E-state index in [0.29, 0.717) is 25.9 Å². The molecule has 5 nitrogen and oxygen atoms in total. The van der Waals surface area contributed by atoms with Crippen LogP contribution in [-0.4, -0.2) is 15.5 Å². The topological polar surface area (TPSA) is 64.0 Å². The number of aryl methyl sites for hydroxylation is 1. The number of carbonyl (C=O) groups excluding carboxylic acids is 1. The molecule has 0 atom stereocenters. The van der Waals surface area contributed by atoms with E-state index in [1.54, 1.807) is 29.5 Å². The van der Waals surface area contributed by atoms with Gasteiger partial charge in [-0.15, -0.1) is 22.7 Å². The van der Waals surface area contributed by atoms with Crippen LogP contribution >= 0.6 is 45.9 Å². The van der Waals surface area contributed by atoms with Crippen molar-refractivity contribution < 1.29 is 4.79 Å². The minimum Gasteiger partial charge on any atom is -0.323 e. The van der Waals surface area contributed by atoms with Crippen molar-refractivity contribution in [2.24, 2.45) is 0 Å². The van der Waals surface area contributed by atoms with Crippen molar-refractivity contribution in [2.45, 2.75) is 13.5 Å². The molecule has 0 radical (unpaired) electrons. The molecule has 0 spiro atoms. The van der Waals surface area contributed by atoms with Gasteiger partial charge in [-0.1, -0.05) is 23.2 Å². The van der Waals surface area contributed by atoms with Crippen LogP contribution in [0.2, 0.25) is 10.0 Å². The Labute approximate surface area is 178 Å². The number of benzene rings is 1. The zero-order valence-electron chi connectivity index (χ0n) is 14.5. The first kappa shape index (κ1) is 19.1. The number of hydrogen-bond donors (Lipinski definition) is 1. The van der Waals surface area contributed by atoms with Crippen molar-refractivity contribution in [1.82, 2.24) is 9.55 Å². The zero-order valence-corrected chi connectivity index (χ0v) is 17.7. The van der Waals surface area contributed by atoms with Crippen molar-refractivity contribution in [3.63, 3.8) is 0 Å². The summed E-state index contributed by atoms with van der Waals surface area (Å²) in [5.41, 5.74) is 0.995. The summed E-state index contributed by atoms with van der Waals surface area (Å²) in [5.74, 6) is -0.392. The Morgan fingerprint density at radius 3 is 2.82 bits per heavy atom. The largest absolute Gasteiger partial charge is 0.323 e. The fourth-order valence-corrected chi connectivity index (χ4v) is 4.98. The van der Waals surface area contributed by atoms with Crippen LogP contribution in [0.4, 0.5) is 5.69 Å². The molecular weight excluding hydrogens is 437 g/mol. The monoisotopic (exact) mass is 449 g/mol. The van der Waals surface area contributed by atoms with Crippen molar-refractivity contribution in [2.75, 3.05) is 5.32 Å². The lowest BCUT2D eigenvalue weighted by molar-refractivity contribution is -0.116. The molecule has 4 aromatic rings. The standard InChI is InChI=1S/C19H13Cl2N3O2S2/c1-10-2-5-15(28-10)12-8-27-18-17(12)19(26)24(9-22-18)7-16(25)23-14-6-11(20)3-4-13(14)21/h2-6,8-9H,7H2,1H3,(H,23,25). The Balaban J connectivity index is 1.66. The number of hydrogen-bond acceptors (Lipinski definition) is 5. The van der Waals surface area contributed by atoms with Gasteiger partial charge in [0.2, 0.25) is 5.91 Å². The summed E-state index contributed by atoms with van der Waals surface area (Å²) in [4.78, 5) is 32.6. The molecule has 28 heavy (non-hydrogen) atoms. The molecule has 0 aliphatic heterocycles.